The van der Waals surface area contributed by atoms with Crippen molar-refractivity contribution in [3.63, 3.8) is 0 Å². The van der Waals surface area contributed by atoms with E-state index in [1.54, 1.807) is 0 Å². The van der Waals surface area contributed by atoms with E-state index in [1.165, 1.54) is 0 Å². The molecule has 0 radical (unpaired) electrons. The number of halogens is 1. The first-order valence-corrected chi connectivity index (χ1v) is 6.67. The van der Waals surface area contributed by atoms with Crippen LogP contribution in [0, 0.1) is 6.92 Å². The van der Waals surface area contributed by atoms with Gasteiger partial charge in [-0.25, -0.2) is 0 Å². The maximum absolute atomic E-state index is 11.3. The molecule has 18 heavy (non-hydrogen) atoms. The number of amides is 1. The quantitative estimate of drug-likeness (QED) is 0.771. The number of unbranched alkanes of at least 4 members (excludes halogenated alkanes) is 1. The lowest BCUT2D eigenvalue weighted by molar-refractivity contribution is -0.121. The third-order valence-corrected chi connectivity index (χ3v) is 3.00. The first-order valence-electron chi connectivity index (χ1n) is 6.29. The fourth-order valence-corrected chi connectivity index (χ4v) is 1.61. The van der Waals surface area contributed by atoms with Crippen LogP contribution in [-0.2, 0) is 4.79 Å². The van der Waals surface area contributed by atoms with E-state index < -0.39 is 0 Å². The van der Waals surface area contributed by atoms with Gasteiger partial charge in [-0.3, -0.25) is 4.79 Å². The lowest BCUT2D eigenvalue weighted by Crippen LogP contribution is -2.27. The van der Waals surface area contributed by atoms with Crippen molar-refractivity contribution in [2.75, 3.05) is 13.2 Å². The van der Waals surface area contributed by atoms with Gasteiger partial charge in [0, 0.05) is 11.4 Å². The number of hydrogen-bond donors (Lipinski definition) is 1. The van der Waals surface area contributed by atoms with E-state index in [0.29, 0.717) is 19.6 Å². The van der Waals surface area contributed by atoms with Crippen molar-refractivity contribution < 1.29 is 9.53 Å². The maximum Gasteiger partial charge on any atom is 0.220 e. The number of carbonyl (C=O) groups is 1. The minimum absolute atomic E-state index is 0.0905. The molecule has 0 aliphatic carbocycles. The number of ether oxygens (including phenoxy) is 1. The van der Waals surface area contributed by atoms with Gasteiger partial charge < -0.3 is 10.1 Å². The van der Waals surface area contributed by atoms with Crippen LogP contribution in [0.5, 0.6) is 5.75 Å². The van der Waals surface area contributed by atoms with E-state index in [-0.39, 0.29) is 5.91 Å². The third kappa shape index (κ3) is 5.41. The number of carbonyl (C=O) groups excluding carboxylic acids is 1. The summed E-state index contributed by atoms with van der Waals surface area (Å²) < 4.78 is 5.52. The number of benzene rings is 1. The average Bonchev–Trinajstić information content (AvgIpc) is 2.36. The molecule has 1 aromatic carbocycles. The first-order chi connectivity index (χ1) is 8.63. The van der Waals surface area contributed by atoms with Gasteiger partial charge in [0.2, 0.25) is 5.91 Å². The van der Waals surface area contributed by atoms with Crippen LogP contribution in [0.25, 0.3) is 0 Å². The van der Waals surface area contributed by atoms with Gasteiger partial charge in [-0.15, -0.1) is 0 Å². The summed E-state index contributed by atoms with van der Waals surface area (Å²) in [6.45, 7) is 5.00. The summed E-state index contributed by atoms with van der Waals surface area (Å²) in [5.41, 5.74) is 0.987. The van der Waals surface area contributed by atoms with E-state index in [0.717, 1.165) is 29.2 Å². The highest BCUT2D eigenvalue weighted by atomic mass is 35.5. The van der Waals surface area contributed by atoms with Crippen LogP contribution < -0.4 is 10.1 Å². The molecule has 0 bridgehead atoms. The molecule has 0 aliphatic rings. The Balaban J connectivity index is 2.21. The average molecular weight is 270 g/mol. The Bertz CT molecular complexity index is 393. The summed E-state index contributed by atoms with van der Waals surface area (Å²) in [6, 6.07) is 5.53. The molecule has 0 unspecified atom stereocenters. The van der Waals surface area contributed by atoms with Gasteiger partial charge in [0.25, 0.3) is 0 Å². The molecule has 0 saturated heterocycles. The molecule has 0 aromatic heterocycles. The summed E-state index contributed by atoms with van der Waals surface area (Å²) in [7, 11) is 0. The molecule has 0 saturated carbocycles. The lowest BCUT2D eigenvalue weighted by atomic mass is 10.2. The van der Waals surface area contributed by atoms with Crippen molar-refractivity contribution in [2.45, 2.75) is 33.1 Å². The Kier molecular flexibility index (Phi) is 6.58. The zero-order chi connectivity index (χ0) is 13.4. The SMILES string of the molecule is CCCCC(=O)NCCOc1ccc(Cl)c(C)c1. The normalized spacial score (nSPS) is 10.2. The van der Waals surface area contributed by atoms with Gasteiger partial charge in [0.1, 0.15) is 12.4 Å². The maximum atomic E-state index is 11.3. The molecule has 100 valence electrons. The van der Waals surface area contributed by atoms with E-state index in [9.17, 15) is 4.79 Å². The molecule has 1 rings (SSSR count). The molecule has 1 amide bonds. The van der Waals surface area contributed by atoms with Crippen LogP contribution in [0.4, 0.5) is 0 Å². The van der Waals surface area contributed by atoms with Crippen molar-refractivity contribution in [1.82, 2.24) is 5.32 Å². The Morgan fingerprint density at radius 3 is 2.89 bits per heavy atom. The number of nitrogens with one attached hydrogen (secondary N) is 1. The fourth-order valence-electron chi connectivity index (χ4n) is 1.49. The van der Waals surface area contributed by atoms with Gasteiger partial charge in [0.15, 0.2) is 0 Å². The molecule has 1 aromatic rings. The second kappa shape index (κ2) is 7.98. The van der Waals surface area contributed by atoms with Gasteiger partial charge in [0.05, 0.1) is 6.54 Å². The predicted molar refractivity (Wildman–Crippen MR) is 74.2 cm³/mol. The van der Waals surface area contributed by atoms with Crippen molar-refractivity contribution in [1.29, 1.82) is 0 Å². The van der Waals surface area contributed by atoms with Crippen molar-refractivity contribution in [2.24, 2.45) is 0 Å². The van der Waals surface area contributed by atoms with Crippen molar-refractivity contribution >= 4 is 17.5 Å². The first kappa shape index (κ1) is 14.8. The highest BCUT2D eigenvalue weighted by Crippen LogP contribution is 2.20. The molecular formula is C14H20ClNO2. The summed E-state index contributed by atoms with van der Waals surface area (Å²) >= 11 is 5.92. The Morgan fingerprint density at radius 1 is 1.44 bits per heavy atom. The molecular weight excluding hydrogens is 250 g/mol. The number of aryl methyl sites for hydroxylation is 1. The van der Waals surface area contributed by atoms with Crippen LogP contribution >= 0.6 is 11.6 Å². The van der Waals surface area contributed by atoms with Gasteiger partial charge in [-0.2, -0.15) is 0 Å². The molecule has 0 heterocycles. The summed E-state index contributed by atoms with van der Waals surface area (Å²) in [6.07, 6.45) is 2.56. The largest absolute Gasteiger partial charge is 0.492 e. The second-order valence-corrected chi connectivity index (χ2v) is 4.62. The molecule has 0 aliphatic heterocycles. The predicted octanol–water partition coefficient (Wildman–Crippen LogP) is 3.33. The smallest absolute Gasteiger partial charge is 0.220 e. The lowest BCUT2D eigenvalue weighted by Gasteiger charge is -2.08. The summed E-state index contributed by atoms with van der Waals surface area (Å²) in [5.74, 6) is 0.868. The van der Waals surface area contributed by atoms with Crippen molar-refractivity contribution in [3.05, 3.63) is 28.8 Å². The fraction of sp³-hybridized carbons (Fsp3) is 0.500. The molecule has 3 nitrogen and oxygen atoms in total. The van der Waals surface area contributed by atoms with Crippen LogP contribution in [-0.4, -0.2) is 19.1 Å². The topological polar surface area (TPSA) is 38.3 Å². The monoisotopic (exact) mass is 269 g/mol. The third-order valence-electron chi connectivity index (χ3n) is 2.58. The highest BCUT2D eigenvalue weighted by molar-refractivity contribution is 6.31. The van der Waals surface area contributed by atoms with Crippen LogP contribution in [0.2, 0.25) is 5.02 Å². The Hall–Kier alpha value is -1.22. The van der Waals surface area contributed by atoms with Crippen LogP contribution in [0.3, 0.4) is 0 Å². The summed E-state index contributed by atoms with van der Waals surface area (Å²) in [4.78, 5) is 11.3. The van der Waals surface area contributed by atoms with Crippen LogP contribution in [0.15, 0.2) is 18.2 Å². The minimum atomic E-state index is 0.0905. The second-order valence-electron chi connectivity index (χ2n) is 4.21. The molecule has 1 N–H and O–H groups in total. The number of rotatable bonds is 7. The minimum Gasteiger partial charge on any atom is -0.492 e. The molecule has 4 heteroatoms. The summed E-state index contributed by atoms with van der Waals surface area (Å²) in [5, 5.41) is 3.56. The van der Waals surface area contributed by atoms with E-state index in [4.69, 9.17) is 16.3 Å². The molecule has 0 atom stereocenters. The molecule has 0 fully saturated rings. The van der Waals surface area contributed by atoms with Gasteiger partial charge >= 0.3 is 0 Å². The van der Waals surface area contributed by atoms with Crippen molar-refractivity contribution in [3.8, 4) is 5.75 Å². The molecule has 0 spiro atoms. The van der Waals surface area contributed by atoms with E-state index >= 15 is 0 Å². The zero-order valence-electron chi connectivity index (χ0n) is 11.0. The van der Waals surface area contributed by atoms with E-state index in [2.05, 4.69) is 12.2 Å². The van der Waals surface area contributed by atoms with Crippen LogP contribution in [0.1, 0.15) is 31.7 Å². The van der Waals surface area contributed by atoms with E-state index in [1.807, 2.05) is 25.1 Å². The number of hydrogen-bond acceptors (Lipinski definition) is 2. The standard InChI is InChI=1S/C14H20ClNO2/c1-3-4-5-14(17)16-8-9-18-12-6-7-13(15)11(2)10-12/h6-7,10H,3-5,8-9H2,1-2H3,(H,16,17). The Morgan fingerprint density at radius 2 is 2.22 bits per heavy atom. The van der Waals surface area contributed by atoms with Gasteiger partial charge in [-0.1, -0.05) is 24.9 Å². The zero-order valence-corrected chi connectivity index (χ0v) is 11.7. The highest BCUT2D eigenvalue weighted by Gasteiger charge is 2.01. The Labute approximate surface area is 113 Å². The van der Waals surface area contributed by atoms with Gasteiger partial charge in [-0.05, 0) is 37.1 Å².